The largest absolute Gasteiger partial charge is 0.379 e. The maximum atomic E-state index is 12.7. The molecule has 0 amide bonds. The van der Waals surface area contributed by atoms with E-state index in [1.807, 2.05) is 30.3 Å². The number of anilines is 1. The summed E-state index contributed by atoms with van der Waals surface area (Å²) in [7, 11) is 0. The van der Waals surface area contributed by atoms with Gasteiger partial charge in [0.05, 0.1) is 23.7 Å². The molecule has 172 valence electrons. The van der Waals surface area contributed by atoms with Gasteiger partial charge in [0.15, 0.2) is 5.82 Å². The summed E-state index contributed by atoms with van der Waals surface area (Å²) in [5.74, 6) is 0.895. The van der Waals surface area contributed by atoms with E-state index in [0.29, 0.717) is 23.8 Å². The van der Waals surface area contributed by atoms with Gasteiger partial charge >= 0.3 is 0 Å². The Bertz CT molecular complexity index is 1490. The summed E-state index contributed by atoms with van der Waals surface area (Å²) >= 11 is 0. The Balaban J connectivity index is 1.38. The van der Waals surface area contributed by atoms with Crippen LogP contribution in [0.4, 0.5) is 5.69 Å². The van der Waals surface area contributed by atoms with E-state index in [1.54, 1.807) is 0 Å². The number of rotatable bonds is 6. The van der Waals surface area contributed by atoms with Crippen molar-refractivity contribution in [2.24, 2.45) is 5.41 Å². The number of nitrogens with one attached hydrogen (secondary N) is 2. The average Bonchev–Trinajstić information content (AvgIpc) is 3.17. The van der Waals surface area contributed by atoms with Gasteiger partial charge in [-0.25, -0.2) is 4.98 Å². The van der Waals surface area contributed by atoms with Crippen LogP contribution in [0, 0.1) is 23.7 Å². The maximum Gasteiger partial charge on any atom is 0.274 e. The summed E-state index contributed by atoms with van der Waals surface area (Å²) in [6.45, 7) is 8.92. The van der Waals surface area contributed by atoms with E-state index in [9.17, 15) is 10.1 Å². The third-order valence-electron chi connectivity index (χ3n) is 7.17. The van der Waals surface area contributed by atoms with E-state index in [4.69, 9.17) is 0 Å². The first-order chi connectivity index (χ1) is 16.3. The van der Waals surface area contributed by atoms with Crippen LogP contribution >= 0.6 is 0 Å². The van der Waals surface area contributed by atoms with Crippen LogP contribution in [0.1, 0.15) is 49.6 Å². The van der Waals surface area contributed by atoms with E-state index < -0.39 is 5.41 Å². The SMILES string of the molecule is CCc1cc(NCc2cc(=O)n3[nH]c(-c4ccc(C5(C#N)CC5(C)C)cc4)nc3n2)ccc1C. The molecule has 7 nitrogen and oxygen atoms in total. The lowest BCUT2D eigenvalue weighted by Gasteiger charge is -2.12. The van der Waals surface area contributed by atoms with E-state index in [-0.39, 0.29) is 11.0 Å². The predicted molar refractivity (Wildman–Crippen MR) is 133 cm³/mol. The topological polar surface area (TPSA) is 98.9 Å². The number of hydrogen-bond donors (Lipinski definition) is 2. The fourth-order valence-corrected chi connectivity index (χ4v) is 4.78. The van der Waals surface area contributed by atoms with E-state index in [0.717, 1.165) is 29.7 Å². The zero-order valence-electron chi connectivity index (χ0n) is 19.9. The van der Waals surface area contributed by atoms with Gasteiger partial charge < -0.3 is 5.32 Å². The Morgan fingerprint density at radius 1 is 1.15 bits per heavy atom. The molecule has 1 saturated carbocycles. The molecule has 1 aliphatic rings. The van der Waals surface area contributed by atoms with Gasteiger partial charge in [0.25, 0.3) is 11.3 Å². The quantitative estimate of drug-likeness (QED) is 0.439. The fraction of sp³-hybridized carbons (Fsp3) is 0.333. The molecule has 0 radical (unpaired) electrons. The number of aromatic amines is 1. The number of aryl methyl sites for hydroxylation is 2. The molecule has 34 heavy (non-hydrogen) atoms. The van der Waals surface area contributed by atoms with Crippen LogP contribution in [0.15, 0.2) is 53.3 Å². The second kappa shape index (κ2) is 7.84. The van der Waals surface area contributed by atoms with Crippen molar-refractivity contribution in [2.75, 3.05) is 5.32 Å². The molecular weight excluding hydrogens is 424 g/mol. The Hall–Kier alpha value is -3.92. The molecule has 1 unspecified atom stereocenters. The molecule has 0 aliphatic heterocycles. The summed E-state index contributed by atoms with van der Waals surface area (Å²) < 4.78 is 1.36. The van der Waals surface area contributed by atoms with Gasteiger partial charge in [-0.05, 0) is 54.0 Å². The third-order valence-corrected chi connectivity index (χ3v) is 7.17. The molecular formula is C27H28N6O. The molecule has 2 aromatic carbocycles. The van der Waals surface area contributed by atoms with E-state index in [2.05, 4.69) is 66.3 Å². The summed E-state index contributed by atoms with van der Waals surface area (Å²) in [5.41, 5.74) is 5.41. The normalized spacial score (nSPS) is 18.6. The molecule has 0 spiro atoms. The number of aromatic nitrogens is 4. The molecule has 7 heteroatoms. The van der Waals surface area contributed by atoms with Crippen molar-refractivity contribution in [3.05, 3.63) is 81.3 Å². The van der Waals surface area contributed by atoms with Crippen LogP contribution in [0.25, 0.3) is 17.2 Å². The zero-order chi connectivity index (χ0) is 24.1. The Labute approximate surface area is 198 Å². The smallest absolute Gasteiger partial charge is 0.274 e. The van der Waals surface area contributed by atoms with Crippen molar-refractivity contribution in [1.82, 2.24) is 19.6 Å². The fourth-order valence-electron chi connectivity index (χ4n) is 4.78. The highest BCUT2D eigenvalue weighted by atomic mass is 16.1. The average molecular weight is 453 g/mol. The van der Waals surface area contributed by atoms with Crippen LogP contribution in [0.3, 0.4) is 0 Å². The molecule has 1 fully saturated rings. The molecule has 1 aliphatic carbocycles. The lowest BCUT2D eigenvalue weighted by molar-refractivity contribution is 0.570. The van der Waals surface area contributed by atoms with Crippen molar-refractivity contribution in [2.45, 2.75) is 52.5 Å². The molecule has 2 heterocycles. The highest BCUT2D eigenvalue weighted by Gasteiger charge is 2.62. The monoisotopic (exact) mass is 452 g/mol. The molecule has 2 aromatic heterocycles. The number of fused-ring (bicyclic) bond motifs is 1. The van der Waals surface area contributed by atoms with Crippen LogP contribution in [0.2, 0.25) is 0 Å². The molecule has 0 saturated heterocycles. The summed E-state index contributed by atoms with van der Waals surface area (Å²) in [5, 5.41) is 16.1. The lowest BCUT2D eigenvalue weighted by atomic mass is 9.89. The van der Waals surface area contributed by atoms with Crippen molar-refractivity contribution in [1.29, 1.82) is 5.26 Å². The van der Waals surface area contributed by atoms with Crippen LogP contribution in [0.5, 0.6) is 0 Å². The Morgan fingerprint density at radius 3 is 2.53 bits per heavy atom. The second-order valence-electron chi connectivity index (χ2n) is 9.80. The maximum absolute atomic E-state index is 12.7. The molecule has 0 bridgehead atoms. The third kappa shape index (κ3) is 3.56. The highest BCUT2D eigenvalue weighted by molar-refractivity contribution is 5.59. The van der Waals surface area contributed by atoms with Gasteiger partial charge in [0, 0.05) is 17.3 Å². The minimum absolute atomic E-state index is 0.0129. The van der Waals surface area contributed by atoms with Crippen molar-refractivity contribution < 1.29 is 0 Å². The highest BCUT2D eigenvalue weighted by Crippen LogP contribution is 2.63. The van der Waals surface area contributed by atoms with Crippen LogP contribution in [-0.4, -0.2) is 19.6 Å². The Morgan fingerprint density at radius 2 is 1.88 bits per heavy atom. The summed E-state index contributed by atoms with van der Waals surface area (Å²) in [6, 6.07) is 18.1. The first-order valence-corrected chi connectivity index (χ1v) is 11.6. The van der Waals surface area contributed by atoms with E-state index in [1.165, 1.54) is 21.7 Å². The number of nitrogens with zero attached hydrogens (tertiary/aromatic N) is 4. The molecule has 5 rings (SSSR count). The van der Waals surface area contributed by atoms with Crippen LogP contribution < -0.4 is 10.9 Å². The predicted octanol–water partition coefficient (Wildman–Crippen LogP) is 4.76. The van der Waals surface area contributed by atoms with Crippen molar-refractivity contribution in [3.8, 4) is 17.5 Å². The van der Waals surface area contributed by atoms with Gasteiger partial charge in [-0.15, -0.1) is 0 Å². The number of nitriles is 1. The number of hydrogen-bond acceptors (Lipinski definition) is 5. The van der Waals surface area contributed by atoms with Crippen molar-refractivity contribution >= 4 is 11.5 Å². The van der Waals surface area contributed by atoms with Gasteiger partial charge in [0.1, 0.15) is 0 Å². The summed E-state index contributed by atoms with van der Waals surface area (Å²) in [4.78, 5) is 21.8. The van der Waals surface area contributed by atoms with E-state index >= 15 is 0 Å². The standard InChI is InChI=1S/C27H28N6O/c1-5-18-12-21(11-6-17(18)2)29-14-22-13-23(34)33-25(30-22)31-24(32-33)19-7-9-20(10-8-19)27(16-28)15-26(27,3)4/h6-13,29H,5,14-15H2,1-4H3,(H,30,31,32). The molecule has 4 aromatic rings. The zero-order valence-corrected chi connectivity index (χ0v) is 19.9. The molecule has 2 N–H and O–H groups in total. The van der Waals surface area contributed by atoms with Gasteiger partial charge in [-0.1, -0.05) is 51.1 Å². The summed E-state index contributed by atoms with van der Waals surface area (Å²) in [6.07, 6.45) is 1.83. The second-order valence-corrected chi connectivity index (χ2v) is 9.80. The molecule has 1 atom stereocenters. The van der Waals surface area contributed by atoms with Crippen molar-refractivity contribution in [3.63, 3.8) is 0 Å². The minimum Gasteiger partial charge on any atom is -0.379 e. The first-order valence-electron chi connectivity index (χ1n) is 11.6. The number of benzene rings is 2. The lowest BCUT2D eigenvalue weighted by Crippen LogP contribution is -2.17. The number of H-pyrrole nitrogens is 1. The Kier molecular flexibility index (Phi) is 5.05. The minimum atomic E-state index is -0.421. The van der Waals surface area contributed by atoms with Gasteiger partial charge in [-0.3, -0.25) is 9.89 Å². The van der Waals surface area contributed by atoms with Gasteiger partial charge in [-0.2, -0.15) is 14.8 Å². The van der Waals surface area contributed by atoms with Gasteiger partial charge in [0.2, 0.25) is 0 Å². The first kappa shape index (κ1) is 21.9. The van der Waals surface area contributed by atoms with Crippen LogP contribution in [-0.2, 0) is 18.4 Å².